The second-order valence-electron chi connectivity index (χ2n) is 6.03. The molecule has 1 saturated carbocycles. The van der Waals surface area contributed by atoms with Crippen LogP contribution in [-0.2, 0) is 10.0 Å². The van der Waals surface area contributed by atoms with Crippen molar-refractivity contribution >= 4 is 15.9 Å². The molecule has 0 radical (unpaired) electrons. The molecule has 2 N–H and O–H groups in total. The van der Waals surface area contributed by atoms with Gasteiger partial charge in [0.2, 0.25) is 10.0 Å². The number of sulfonamides is 1. The molecule has 0 aliphatic heterocycles. The minimum Gasteiger partial charge on any atom is -0.349 e. The summed E-state index contributed by atoms with van der Waals surface area (Å²) in [5.74, 6) is -0.160. The summed E-state index contributed by atoms with van der Waals surface area (Å²) < 4.78 is 27.6. The number of carbonyl (C=O) groups excluding carboxylic acids is 1. The van der Waals surface area contributed by atoms with Gasteiger partial charge in [0.05, 0.1) is 4.90 Å². The van der Waals surface area contributed by atoms with Crippen LogP contribution in [-0.4, -0.2) is 20.4 Å². The van der Waals surface area contributed by atoms with Gasteiger partial charge in [-0.1, -0.05) is 30.3 Å². The average molecular weight is 344 g/mol. The summed E-state index contributed by atoms with van der Waals surface area (Å²) in [7, 11) is -3.64. The third kappa shape index (κ3) is 4.01. The number of benzene rings is 2. The highest BCUT2D eigenvalue weighted by Gasteiger charge is 2.24. The van der Waals surface area contributed by atoms with Crippen LogP contribution in [0.25, 0.3) is 0 Å². The largest absolute Gasteiger partial charge is 0.349 e. The predicted molar refractivity (Wildman–Crippen MR) is 92.1 cm³/mol. The van der Waals surface area contributed by atoms with Gasteiger partial charge in [-0.3, -0.25) is 4.79 Å². The first kappa shape index (κ1) is 16.7. The lowest BCUT2D eigenvalue weighted by Gasteiger charge is -2.15. The van der Waals surface area contributed by atoms with E-state index in [2.05, 4.69) is 10.0 Å². The van der Waals surface area contributed by atoms with Gasteiger partial charge in [-0.25, -0.2) is 13.1 Å². The van der Waals surface area contributed by atoms with E-state index in [-0.39, 0.29) is 22.9 Å². The quantitative estimate of drug-likeness (QED) is 0.846. The van der Waals surface area contributed by atoms with E-state index in [0.29, 0.717) is 5.56 Å². The molecule has 2 aromatic rings. The monoisotopic (exact) mass is 344 g/mol. The first-order chi connectivity index (χ1) is 11.5. The number of hydrogen-bond donors (Lipinski definition) is 2. The molecule has 0 spiro atoms. The SMILES string of the molecule is CC(NS(=O)(=O)c1ccc(C(=O)NC2CC2)cc1)c1ccccc1. The molecule has 1 aliphatic carbocycles. The molecule has 0 bridgehead atoms. The molecule has 5 nitrogen and oxygen atoms in total. The molecule has 0 aromatic heterocycles. The average Bonchev–Trinajstić information content (AvgIpc) is 3.39. The summed E-state index contributed by atoms with van der Waals surface area (Å²) in [6.45, 7) is 1.80. The van der Waals surface area contributed by atoms with Crippen molar-refractivity contribution in [1.29, 1.82) is 0 Å². The van der Waals surface area contributed by atoms with E-state index < -0.39 is 10.0 Å². The topological polar surface area (TPSA) is 75.3 Å². The van der Waals surface area contributed by atoms with Crippen LogP contribution in [0, 0.1) is 0 Å². The molecule has 1 fully saturated rings. The zero-order valence-electron chi connectivity index (χ0n) is 13.4. The van der Waals surface area contributed by atoms with Gasteiger partial charge in [-0.2, -0.15) is 0 Å². The van der Waals surface area contributed by atoms with Crippen molar-refractivity contribution < 1.29 is 13.2 Å². The van der Waals surface area contributed by atoms with Crippen molar-refractivity contribution in [2.24, 2.45) is 0 Å². The van der Waals surface area contributed by atoms with Gasteiger partial charge in [0, 0.05) is 17.6 Å². The maximum Gasteiger partial charge on any atom is 0.251 e. The highest BCUT2D eigenvalue weighted by Crippen LogP contribution is 2.20. The van der Waals surface area contributed by atoms with E-state index in [1.165, 1.54) is 12.1 Å². The highest BCUT2D eigenvalue weighted by atomic mass is 32.2. The first-order valence-electron chi connectivity index (χ1n) is 7.94. The number of amides is 1. The fraction of sp³-hybridized carbons (Fsp3) is 0.278. The Bertz CT molecular complexity index is 813. The zero-order valence-corrected chi connectivity index (χ0v) is 14.2. The first-order valence-corrected chi connectivity index (χ1v) is 9.42. The van der Waals surface area contributed by atoms with Crippen molar-refractivity contribution in [3.63, 3.8) is 0 Å². The lowest BCUT2D eigenvalue weighted by Crippen LogP contribution is -2.27. The Kier molecular flexibility index (Phi) is 4.69. The van der Waals surface area contributed by atoms with Gasteiger partial charge in [0.25, 0.3) is 5.91 Å². The van der Waals surface area contributed by atoms with Crippen LogP contribution in [0.5, 0.6) is 0 Å². The van der Waals surface area contributed by atoms with Gasteiger partial charge >= 0.3 is 0 Å². The van der Waals surface area contributed by atoms with Crippen LogP contribution >= 0.6 is 0 Å². The minimum absolute atomic E-state index is 0.147. The molecule has 24 heavy (non-hydrogen) atoms. The summed E-state index contributed by atoms with van der Waals surface area (Å²) in [4.78, 5) is 12.1. The zero-order chi connectivity index (χ0) is 17.2. The molecular formula is C18H20N2O3S. The van der Waals surface area contributed by atoms with E-state index in [4.69, 9.17) is 0 Å². The van der Waals surface area contributed by atoms with E-state index in [1.54, 1.807) is 19.1 Å². The van der Waals surface area contributed by atoms with Crippen LogP contribution < -0.4 is 10.0 Å². The van der Waals surface area contributed by atoms with Gasteiger partial charge in [-0.15, -0.1) is 0 Å². The summed E-state index contributed by atoms with van der Waals surface area (Å²) in [5, 5.41) is 2.88. The predicted octanol–water partition coefficient (Wildman–Crippen LogP) is 2.62. The molecular weight excluding hydrogens is 324 g/mol. The van der Waals surface area contributed by atoms with E-state index >= 15 is 0 Å². The van der Waals surface area contributed by atoms with Crippen molar-refractivity contribution in [3.8, 4) is 0 Å². The van der Waals surface area contributed by atoms with Crippen LogP contribution in [0.1, 0.15) is 41.7 Å². The summed E-state index contributed by atoms with van der Waals surface area (Å²) in [6, 6.07) is 15.3. The van der Waals surface area contributed by atoms with Crippen LogP contribution in [0.2, 0.25) is 0 Å². The van der Waals surface area contributed by atoms with E-state index in [0.717, 1.165) is 18.4 Å². The molecule has 0 saturated heterocycles. The third-order valence-corrected chi connectivity index (χ3v) is 5.53. The maximum absolute atomic E-state index is 12.5. The second kappa shape index (κ2) is 6.75. The normalized spacial score (nSPS) is 15.7. The van der Waals surface area contributed by atoms with Crippen molar-refractivity contribution in [2.75, 3.05) is 0 Å². The number of carbonyl (C=O) groups is 1. The van der Waals surface area contributed by atoms with Gasteiger partial charge < -0.3 is 5.32 Å². The lowest BCUT2D eigenvalue weighted by molar-refractivity contribution is 0.0951. The number of rotatable bonds is 6. The Morgan fingerprint density at radius 2 is 1.67 bits per heavy atom. The molecule has 2 aromatic carbocycles. The molecule has 1 amide bonds. The maximum atomic E-state index is 12.5. The number of hydrogen-bond acceptors (Lipinski definition) is 3. The Morgan fingerprint density at radius 1 is 1.04 bits per heavy atom. The van der Waals surface area contributed by atoms with Gasteiger partial charge in [0.1, 0.15) is 0 Å². The smallest absolute Gasteiger partial charge is 0.251 e. The molecule has 1 unspecified atom stereocenters. The highest BCUT2D eigenvalue weighted by molar-refractivity contribution is 7.89. The standard InChI is InChI=1S/C18H20N2O3S/c1-13(14-5-3-2-4-6-14)20-24(22,23)17-11-7-15(8-12-17)18(21)19-16-9-10-16/h2-8,11-13,16,20H,9-10H2,1H3,(H,19,21). The Balaban J connectivity index is 1.71. The van der Waals surface area contributed by atoms with E-state index in [1.807, 2.05) is 30.3 Å². The Labute approximate surface area is 142 Å². The van der Waals surface area contributed by atoms with E-state index in [9.17, 15) is 13.2 Å². The van der Waals surface area contributed by atoms with Crippen LogP contribution in [0.15, 0.2) is 59.5 Å². The third-order valence-electron chi connectivity index (χ3n) is 3.97. The molecule has 6 heteroatoms. The second-order valence-corrected chi connectivity index (χ2v) is 7.74. The fourth-order valence-corrected chi connectivity index (χ4v) is 3.62. The van der Waals surface area contributed by atoms with Gasteiger partial charge in [0.15, 0.2) is 0 Å². The van der Waals surface area contributed by atoms with Crippen molar-refractivity contribution in [3.05, 3.63) is 65.7 Å². The Hall–Kier alpha value is -2.18. The van der Waals surface area contributed by atoms with Gasteiger partial charge in [-0.05, 0) is 49.6 Å². The lowest BCUT2D eigenvalue weighted by atomic mass is 10.1. The molecule has 1 aliphatic rings. The molecule has 1 atom stereocenters. The minimum atomic E-state index is -3.64. The van der Waals surface area contributed by atoms with Crippen molar-refractivity contribution in [2.45, 2.75) is 36.7 Å². The summed E-state index contributed by atoms with van der Waals surface area (Å²) in [5.41, 5.74) is 1.36. The van der Waals surface area contributed by atoms with Crippen LogP contribution in [0.4, 0.5) is 0 Å². The van der Waals surface area contributed by atoms with Crippen LogP contribution in [0.3, 0.4) is 0 Å². The molecule has 126 valence electrons. The number of nitrogens with one attached hydrogen (secondary N) is 2. The summed E-state index contributed by atoms with van der Waals surface area (Å²) in [6.07, 6.45) is 2.03. The van der Waals surface area contributed by atoms with Crippen molar-refractivity contribution in [1.82, 2.24) is 10.0 Å². The fourth-order valence-electron chi connectivity index (χ4n) is 2.39. The Morgan fingerprint density at radius 3 is 2.25 bits per heavy atom. The molecule has 0 heterocycles. The molecule has 3 rings (SSSR count). The summed E-state index contributed by atoms with van der Waals surface area (Å²) >= 11 is 0.